The first-order chi connectivity index (χ1) is 15.1. The van der Waals surface area contributed by atoms with Gasteiger partial charge in [-0.25, -0.2) is 4.79 Å². The first-order valence-corrected chi connectivity index (χ1v) is 10.5. The van der Waals surface area contributed by atoms with Gasteiger partial charge in [-0.1, -0.05) is 12.1 Å². The Morgan fingerprint density at radius 2 is 1.91 bits per heavy atom. The molecule has 2 amide bonds. The van der Waals surface area contributed by atoms with Crippen molar-refractivity contribution in [2.45, 2.75) is 51.2 Å². The lowest BCUT2D eigenvalue weighted by Crippen LogP contribution is -2.36. The lowest BCUT2D eigenvalue weighted by molar-refractivity contribution is -0.192. The van der Waals surface area contributed by atoms with E-state index >= 15 is 0 Å². The highest BCUT2D eigenvalue weighted by Crippen LogP contribution is 2.42. The molecule has 0 bridgehead atoms. The molecule has 3 heterocycles. The fourth-order valence-corrected chi connectivity index (χ4v) is 4.05. The minimum atomic E-state index is -5.08. The molecule has 2 aliphatic heterocycles. The number of carboxylic acids is 1. The van der Waals surface area contributed by atoms with Crippen molar-refractivity contribution in [2.75, 3.05) is 19.6 Å². The Balaban J connectivity index is 0.000000451. The maximum atomic E-state index is 13.1. The van der Waals surface area contributed by atoms with E-state index in [1.54, 1.807) is 12.3 Å². The van der Waals surface area contributed by atoms with Crippen LogP contribution in [0.4, 0.5) is 13.2 Å². The van der Waals surface area contributed by atoms with Crippen LogP contribution >= 0.6 is 0 Å². The van der Waals surface area contributed by atoms with Crippen LogP contribution in [-0.4, -0.2) is 63.5 Å². The van der Waals surface area contributed by atoms with Crippen molar-refractivity contribution in [3.8, 4) is 0 Å². The third-order valence-corrected chi connectivity index (χ3v) is 5.80. The van der Waals surface area contributed by atoms with Gasteiger partial charge >= 0.3 is 12.1 Å². The van der Waals surface area contributed by atoms with E-state index in [1.165, 1.54) is 0 Å². The average molecular weight is 455 g/mol. The number of likely N-dealkylation sites (tertiary alicyclic amines) is 2. The van der Waals surface area contributed by atoms with E-state index in [1.807, 2.05) is 28.1 Å². The molecule has 2 fully saturated rings. The topological polar surface area (TPSA) is 90.8 Å². The molecule has 32 heavy (non-hydrogen) atoms. The molecule has 3 rings (SSSR count). The SMILES string of the molecule is C=CCCC(=O)N1CCCC2(CC1)CCN(Cc1cccnc1)C2=O.O=C(O)C(F)(F)F. The molecular formula is C22H28F3N3O4. The van der Waals surface area contributed by atoms with Crippen molar-refractivity contribution < 1.29 is 32.7 Å². The number of aliphatic carboxylic acids is 1. The van der Waals surface area contributed by atoms with E-state index < -0.39 is 12.1 Å². The monoisotopic (exact) mass is 455 g/mol. The fourth-order valence-electron chi connectivity index (χ4n) is 4.05. The molecule has 1 unspecified atom stereocenters. The predicted molar refractivity (Wildman–Crippen MR) is 110 cm³/mol. The van der Waals surface area contributed by atoms with E-state index in [0.717, 1.165) is 50.8 Å². The van der Waals surface area contributed by atoms with E-state index in [9.17, 15) is 22.8 Å². The fraction of sp³-hybridized carbons (Fsp3) is 0.545. The predicted octanol–water partition coefficient (Wildman–Crippen LogP) is 3.41. The molecule has 1 aromatic heterocycles. The van der Waals surface area contributed by atoms with Gasteiger partial charge < -0.3 is 14.9 Å². The molecule has 7 nitrogen and oxygen atoms in total. The Kier molecular flexibility index (Phi) is 8.80. The molecular weight excluding hydrogens is 427 g/mol. The summed E-state index contributed by atoms with van der Waals surface area (Å²) in [5.41, 5.74) is 0.804. The van der Waals surface area contributed by atoms with Gasteiger partial charge in [-0.2, -0.15) is 13.2 Å². The van der Waals surface area contributed by atoms with Gasteiger partial charge in [-0.15, -0.1) is 6.58 Å². The molecule has 0 aliphatic carbocycles. The Hall–Kier alpha value is -2.91. The summed E-state index contributed by atoms with van der Waals surface area (Å²) in [4.78, 5) is 42.3. The number of alkyl halides is 3. The number of hydrogen-bond donors (Lipinski definition) is 1. The lowest BCUT2D eigenvalue weighted by Gasteiger charge is -2.27. The van der Waals surface area contributed by atoms with Gasteiger partial charge in [0.25, 0.3) is 0 Å². The molecule has 0 radical (unpaired) electrons. The van der Waals surface area contributed by atoms with Gasteiger partial charge in [0.15, 0.2) is 0 Å². The zero-order valence-electron chi connectivity index (χ0n) is 17.8. The summed E-state index contributed by atoms with van der Waals surface area (Å²) in [6.07, 6.45) is 5.01. The first kappa shape index (κ1) is 25.4. The third-order valence-electron chi connectivity index (χ3n) is 5.80. The van der Waals surface area contributed by atoms with Gasteiger partial charge in [-0.05, 0) is 43.7 Å². The second kappa shape index (κ2) is 11.1. The highest BCUT2D eigenvalue weighted by atomic mass is 19.4. The summed E-state index contributed by atoms with van der Waals surface area (Å²) in [5, 5.41) is 7.12. The third kappa shape index (κ3) is 6.80. The van der Waals surface area contributed by atoms with E-state index in [0.29, 0.717) is 19.5 Å². The van der Waals surface area contributed by atoms with Crippen molar-refractivity contribution in [3.05, 3.63) is 42.7 Å². The standard InChI is InChI=1S/C20H27N3O2.C2HF3O2/c1-2-3-7-18(24)22-12-5-8-20(9-13-22)10-14-23(19(20)25)16-17-6-4-11-21-15-17;3-2(4,5)1(6)7/h2,4,6,11,15H,1,3,5,7-10,12-14,16H2;(H,6,7). The highest BCUT2D eigenvalue weighted by molar-refractivity contribution is 5.85. The van der Waals surface area contributed by atoms with E-state index in [-0.39, 0.29) is 17.2 Å². The molecule has 2 aliphatic rings. The first-order valence-electron chi connectivity index (χ1n) is 10.5. The highest BCUT2D eigenvalue weighted by Gasteiger charge is 2.47. The number of halogens is 3. The van der Waals surface area contributed by atoms with Crippen molar-refractivity contribution in [2.24, 2.45) is 5.41 Å². The van der Waals surface area contributed by atoms with Crippen molar-refractivity contribution in [1.82, 2.24) is 14.8 Å². The molecule has 176 valence electrons. The van der Waals surface area contributed by atoms with Crippen LogP contribution in [0.15, 0.2) is 37.2 Å². The summed E-state index contributed by atoms with van der Waals surface area (Å²) >= 11 is 0. The zero-order chi connectivity index (χ0) is 23.8. The van der Waals surface area contributed by atoms with Crippen LogP contribution in [0.1, 0.15) is 44.1 Å². The number of carbonyl (C=O) groups excluding carboxylic acids is 2. The number of carboxylic acid groups (broad SMARTS) is 1. The smallest absolute Gasteiger partial charge is 0.475 e. The van der Waals surface area contributed by atoms with E-state index in [2.05, 4.69) is 11.6 Å². The Morgan fingerprint density at radius 3 is 2.50 bits per heavy atom. The largest absolute Gasteiger partial charge is 0.490 e. The van der Waals surface area contributed by atoms with Crippen LogP contribution < -0.4 is 0 Å². The Labute approximate surface area is 184 Å². The van der Waals surface area contributed by atoms with Crippen LogP contribution in [-0.2, 0) is 20.9 Å². The Morgan fingerprint density at radius 1 is 1.22 bits per heavy atom. The number of rotatable bonds is 5. The number of pyridine rings is 1. The summed E-state index contributed by atoms with van der Waals surface area (Å²) in [5.74, 6) is -2.31. The quantitative estimate of drug-likeness (QED) is 0.687. The number of aromatic nitrogens is 1. The molecule has 1 aromatic rings. The van der Waals surface area contributed by atoms with Gasteiger partial charge in [0, 0.05) is 45.0 Å². The van der Waals surface area contributed by atoms with Crippen LogP contribution in [0, 0.1) is 5.41 Å². The minimum Gasteiger partial charge on any atom is -0.475 e. The van der Waals surface area contributed by atoms with Gasteiger partial charge in [0.1, 0.15) is 0 Å². The minimum absolute atomic E-state index is 0.189. The zero-order valence-corrected chi connectivity index (χ0v) is 17.8. The molecule has 2 saturated heterocycles. The van der Waals surface area contributed by atoms with Crippen molar-refractivity contribution in [1.29, 1.82) is 0 Å². The number of allylic oxidation sites excluding steroid dienone is 1. The molecule has 1 N–H and O–H groups in total. The summed E-state index contributed by atoms with van der Waals surface area (Å²) < 4.78 is 31.7. The normalized spacial score (nSPS) is 21.0. The number of nitrogens with zero attached hydrogens (tertiary/aromatic N) is 3. The van der Waals surface area contributed by atoms with E-state index in [4.69, 9.17) is 9.90 Å². The summed E-state index contributed by atoms with van der Waals surface area (Å²) in [6, 6.07) is 3.92. The Bertz CT molecular complexity index is 816. The molecule has 0 aromatic carbocycles. The summed E-state index contributed by atoms with van der Waals surface area (Å²) in [6.45, 7) is 6.59. The lowest BCUT2D eigenvalue weighted by atomic mass is 9.79. The van der Waals surface area contributed by atoms with Gasteiger partial charge in [0.2, 0.25) is 11.8 Å². The van der Waals surface area contributed by atoms with Crippen LogP contribution in [0.3, 0.4) is 0 Å². The van der Waals surface area contributed by atoms with Crippen LogP contribution in [0.25, 0.3) is 0 Å². The molecule has 1 spiro atoms. The molecule has 0 saturated carbocycles. The number of amides is 2. The second-order valence-corrected chi connectivity index (χ2v) is 7.98. The van der Waals surface area contributed by atoms with Crippen LogP contribution in [0.2, 0.25) is 0 Å². The van der Waals surface area contributed by atoms with Crippen molar-refractivity contribution >= 4 is 17.8 Å². The average Bonchev–Trinajstić information content (AvgIpc) is 2.92. The molecule has 1 atom stereocenters. The second-order valence-electron chi connectivity index (χ2n) is 7.98. The number of hydrogen-bond acceptors (Lipinski definition) is 4. The molecule has 10 heteroatoms. The van der Waals surface area contributed by atoms with Gasteiger partial charge in [0.05, 0.1) is 5.41 Å². The maximum absolute atomic E-state index is 13.1. The van der Waals surface area contributed by atoms with Crippen molar-refractivity contribution in [3.63, 3.8) is 0 Å². The van der Waals surface area contributed by atoms with Gasteiger partial charge in [-0.3, -0.25) is 14.6 Å². The summed E-state index contributed by atoms with van der Waals surface area (Å²) in [7, 11) is 0. The maximum Gasteiger partial charge on any atom is 0.490 e. The van der Waals surface area contributed by atoms with Crippen LogP contribution in [0.5, 0.6) is 0 Å². The number of carbonyl (C=O) groups is 3.